The standard InChI is InChI=1S/C20H21NO4/c1-2-3-13-25-19-12-8-7-11-16(19)21-17(20(23)24)14-18(22)15-9-5-4-6-10-15/h4-12,14,21H,2-3,13H2,1H3,(H,23,24). The highest BCUT2D eigenvalue weighted by Gasteiger charge is 2.13. The maximum atomic E-state index is 12.2. The zero-order valence-electron chi connectivity index (χ0n) is 14.1. The van der Waals surface area contributed by atoms with E-state index in [1.807, 2.05) is 6.07 Å². The average Bonchev–Trinajstić information content (AvgIpc) is 2.63. The Morgan fingerprint density at radius 3 is 2.44 bits per heavy atom. The van der Waals surface area contributed by atoms with E-state index in [2.05, 4.69) is 12.2 Å². The highest BCUT2D eigenvalue weighted by Crippen LogP contribution is 2.25. The highest BCUT2D eigenvalue weighted by atomic mass is 16.5. The fourth-order valence-electron chi connectivity index (χ4n) is 2.14. The smallest absolute Gasteiger partial charge is 0.352 e. The van der Waals surface area contributed by atoms with Crippen molar-refractivity contribution < 1.29 is 19.4 Å². The molecule has 2 aromatic rings. The summed E-state index contributed by atoms with van der Waals surface area (Å²) >= 11 is 0. The second-order valence-corrected chi connectivity index (χ2v) is 5.42. The lowest BCUT2D eigenvalue weighted by Crippen LogP contribution is -2.13. The number of hydrogen-bond donors (Lipinski definition) is 2. The molecule has 0 bridgehead atoms. The van der Waals surface area contributed by atoms with E-state index in [1.165, 1.54) is 0 Å². The Hall–Kier alpha value is -3.08. The molecule has 0 amide bonds. The van der Waals surface area contributed by atoms with Crippen LogP contribution in [0, 0.1) is 0 Å². The summed E-state index contributed by atoms with van der Waals surface area (Å²) in [5.41, 5.74) is 0.726. The van der Waals surface area contributed by atoms with Gasteiger partial charge in [-0.2, -0.15) is 0 Å². The number of nitrogens with one attached hydrogen (secondary N) is 1. The predicted octanol–water partition coefficient (Wildman–Crippen LogP) is 4.13. The van der Waals surface area contributed by atoms with Crippen molar-refractivity contribution in [1.82, 2.24) is 0 Å². The van der Waals surface area contributed by atoms with Gasteiger partial charge >= 0.3 is 5.97 Å². The van der Waals surface area contributed by atoms with Gasteiger partial charge in [-0.05, 0) is 18.6 Å². The molecule has 2 N–H and O–H groups in total. The van der Waals surface area contributed by atoms with Crippen LogP contribution in [-0.4, -0.2) is 23.5 Å². The number of benzene rings is 2. The Morgan fingerprint density at radius 2 is 1.76 bits per heavy atom. The summed E-state index contributed by atoms with van der Waals surface area (Å²) < 4.78 is 5.68. The number of para-hydroxylation sites is 2. The quantitative estimate of drug-likeness (QED) is 0.408. The number of anilines is 1. The van der Waals surface area contributed by atoms with Gasteiger partial charge in [-0.15, -0.1) is 0 Å². The summed E-state index contributed by atoms with van der Waals surface area (Å²) in [6.07, 6.45) is 2.99. The molecular weight excluding hydrogens is 318 g/mol. The molecule has 0 radical (unpaired) electrons. The van der Waals surface area contributed by atoms with Crippen molar-refractivity contribution in [2.75, 3.05) is 11.9 Å². The van der Waals surface area contributed by atoms with Crippen LogP contribution in [0.1, 0.15) is 30.1 Å². The molecule has 0 fully saturated rings. The molecule has 0 spiro atoms. The van der Waals surface area contributed by atoms with E-state index in [9.17, 15) is 14.7 Å². The first-order valence-corrected chi connectivity index (χ1v) is 8.15. The maximum Gasteiger partial charge on any atom is 0.352 e. The molecule has 0 heterocycles. The second kappa shape index (κ2) is 9.27. The third kappa shape index (κ3) is 5.49. The summed E-state index contributed by atoms with van der Waals surface area (Å²) in [4.78, 5) is 23.8. The number of aliphatic carboxylic acids is 1. The van der Waals surface area contributed by atoms with E-state index in [1.54, 1.807) is 48.5 Å². The zero-order valence-corrected chi connectivity index (χ0v) is 14.1. The van der Waals surface area contributed by atoms with E-state index in [-0.39, 0.29) is 11.5 Å². The first-order valence-electron chi connectivity index (χ1n) is 8.15. The molecule has 2 aromatic carbocycles. The van der Waals surface area contributed by atoms with Crippen molar-refractivity contribution in [3.63, 3.8) is 0 Å². The number of allylic oxidation sites excluding steroid dienone is 1. The van der Waals surface area contributed by atoms with Gasteiger partial charge in [0.1, 0.15) is 11.4 Å². The molecule has 0 aliphatic rings. The van der Waals surface area contributed by atoms with Gasteiger partial charge < -0.3 is 15.2 Å². The summed E-state index contributed by atoms with van der Waals surface area (Å²) in [7, 11) is 0. The molecular formula is C20H21NO4. The van der Waals surface area contributed by atoms with Crippen LogP contribution in [-0.2, 0) is 4.79 Å². The number of carboxylic acids is 1. The number of carbonyl (C=O) groups is 2. The third-order valence-electron chi connectivity index (χ3n) is 3.48. The van der Waals surface area contributed by atoms with Crippen molar-refractivity contribution in [3.05, 3.63) is 71.9 Å². The van der Waals surface area contributed by atoms with Crippen LogP contribution >= 0.6 is 0 Å². The second-order valence-electron chi connectivity index (χ2n) is 5.42. The topological polar surface area (TPSA) is 75.6 Å². The van der Waals surface area contributed by atoms with Crippen molar-refractivity contribution >= 4 is 17.4 Å². The lowest BCUT2D eigenvalue weighted by Gasteiger charge is -2.13. The number of hydrogen-bond acceptors (Lipinski definition) is 4. The van der Waals surface area contributed by atoms with Gasteiger partial charge in [0, 0.05) is 11.6 Å². The lowest BCUT2D eigenvalue weighted by atomic mass is 10.1. The summed E-state index contributed by atoms with van der Waals surface area (Å²) in [6.45, 7) is 2.61. The monoisotopic (exact) mass is 339 g/mol. The Balaban J connectivity index is 2.21. The van der Waals surface area contributed by atoms with E-state index in [0.717, 1.165) is 18.9 Å². The molecule has 5 nitrogen and oxygen atoms in total. The van der Waals surface area contributed by atoms with E-state index < -0.39 is 5.97 Å². The van der Waals surface area contributed by atoms with Crippen molar-refractivity contribution in [1.29, 1.82) is 0 Å². The first kappa shape index (κ1) is 18.3. The number of carbonyl (C=O) groups excluding carboxylic acids is 1. The fraction of sp³-hybridized carbons (Fsp3) is 0.200. The summed E-state index contributed by atoms with van der Waals surface area (Å²) in [5.74, 6) is -1.04. The van der Waals surface area contributed by atoms with Crippen molar-refractivity contribution in [2.24, 2.45) is 0 Å². The number of ketones is 1. The SMILES string of the molecule is CCCCOc1ccccc1NC(=CC(=O)c1ccccc1)C(=O)O. The molecule has 2 rings (SSSR count). The third-order valence-corrected chi connectivity index (χ3v) is 3.48. The van der Waals surface area contributed by atoms with Gasteiger partial charge in [0.2, 0.25) is 0 Å². The molecule has 0 saturated heterocycles. The minimum absolute atomic E-state index is 0.208. The Labute approximate surface area is 146 Å². The maximum absolute atomic E-state index is 12.2. The van der Waals surface area contributed by atoms with Crippen LogP contribution in [0.5, 0.6) is 5.75 Å². The zero-order chi connectivity index (χ0) is 18.1. The van der Waals surface area contributed by atoms with E-state index in [0.29, 0.717) is 23.6 Å². The van der Waals surface area contributed by atoms with Crippen LogP contribution in [0.4, 0.5) is 5.69 Å². The molecule has 5 heteroatoms. The molecule has 0 atom stereocenters. The average molecular weight is 339 g/mol. The highest BCUT2D eigenvalue weighted by molar-refractivity contribution is 6.09. The minimum Gasteiger partial charge on any atom is -0.491 e. The van der Waals surface area contributed by atoms with Gasteiger partial charge in [0.05, 0.1) is 12.3 Å². The Morgan fingerprint density at radius 1 is 1.08 bits per heavy atom. The molecule has 0 aromatic heterocycles. The number of unbranched alkanes of at least 4 members (excludes halogenated alkanes) is 1. The summed E-state index contributed by atoms with van der Waals surface area (Å²) in [6, 6.07) is 15.6. The molecule has 25 heavy (non-hydrogen) atoms. The fourth-order valence-corrected chi connectivity index (χ4v) is 2.14. The molecule has 0 aliphatic heterocycles. The minimum atomic E-state index is -1.22. The van der Waals surface area contributed by atoms with E-state index >= 15 is 0 Å². The van der Waals surface area contributed by atoms with Crippen LogP contribution in [0.3, 0.4) is 0 Å². The van der Waals surface area contributed by atoms with E-state index in [4.69, 9.17) is 4.74 Å². The predicted molar refractivity (Wildman–Crippen MR) is 97.0 cm³/mol. The van der Waals surface area contributed by atoms with Crippen LogP contribution in [0.25, 0.3) is 0 Å². The van der Waals surface area contributed by atoms with Crippen LogP contribution < -0.4 is 10.1 Å². The van der Waals surface area contributed by atoms with Gasteiger partial charge in [0.25, 0.3) is 0 Å². The largest absolute Gasteiger partial charge is 0.491 e. The number of ether oxygens (including phenoxy) is 1. The normalized spacial score (nSPS) is 11.0. The van der Waals surface area contributed by atoms with Crippen LogP contribution in [0.15, 0.2) is 66.4 Å². The Bertz CT molecular complexity index is 753. The van der Waals surface area contributed by atoms with Gasteiger partial charge in [-0.25, -0.2) is 4.79 Å². The van der Waals surface area contributed by atoms with Gasteiger partial charge in [0.15, 0.2) is 5.78 Å². The first-order chi connectivity index (χ1) is 12.1. The number of carboxylic acid groups (broad SMARTS) is 1. The molecule has 0 saturated carbocycles. The molecule has 130 valence electrons. The molecule has 0 unspecified atom stereocenters. The van der Waals surface area contributed by atoms with Crippen LogP contribution in [0.2, 0.25) is 0 Å². The van der Waals surface area contributed by atoms with Gasteiger partial charge in [-0.1, -0.05) is 55.8 Å². The number of rotatable bonds is 9. The molecule has 0 aliphatic carbocycles. The summed E-state index contributed by atoms with van der Waals surface area (Å²) in [5, 5.41) is 12.2. The van der Waals surface area contributed by atoms with Gasteiger partial charge in [-0.3, -0.25) is 4.79 Å². The lowest BCUT2D eigenvalue weighted by molar-refractivity contribution is -0.132. The van der Waals surface area contributed by atoms with Crippen molar-refractivity contribution in [3.8, 4) is 5.75 Å². The van der Waals surface area contributed by atoms with Crippen molar-refractivity contribution in [2.45, 2.75) is 19.8 Å². The Kier molecular flexibility index (Phi) is 6.77.